The highest BCUT2D eigenvalue weighted by molar-refractivity contribution is 7.75. The first kappa shape index (κ1) is 16.8. The second kappa shape index (κ2) is 12.2. The molecule has 4 heteroatoms. The van der Waals surface area contributed by atoms with Gasteiger partial charge in [-0.2, -0.15) is 0 Å². The van der Waals surface area contributed by atoms with E-state index in [4.69, 9.17) is 4.18 Å². The fourth-order valence-corrected chi connectivity index (χ4v) is 1.71. The SMILES string of the molecule is CCCCCCCCNC(=O)CCC(C)OS. The maximum Gasteiger partial charge on any atom is 0.220 e. The summed E-state index contributed by atoms with van der Waals surface area (Å²) in [5, 5.41) is 2.93. The number of amides is 1. The van der Waals surface area contributed by atoms with E-state index in [9.17, 15) is 4.79 Å². The molecule has 1 amide bonds. The maximum atomic E-state index is 11.4. The molecule has 0 aromatic rings. The van der Waals surface area contributed by atoms with Crippen LogP contribution in [0.25, 0.3) is 0 Å². The molecule has 0 fully saturated rings. The summed E-state index contributed by atoms with van der Waals surface area (Å²) in [4.78, 5) is 11.4. The average molecular weight is 261 g/mol. The van der Waals surface area contributed by atoms with E-state index >= 15 is 0 Å². The molecule has 0 heterocycles. The molecule has 3 nitrogen and oxygen atoms in total. The van der Waals surface area contributed by atoms with Crippen LogP contribution in [0.2, 0.25) is 0 Å². The van der Waals surface area contributed by atoms with Gasteiger partial charge in [0.2, 0.25) is 5.91 Å². The minimum absolute atomic E-state index is 0.0399. The Morgan fingerprint density at radius 2 is 1.88 bits per heavy atom. The van der Waals surface area contributed by atoms with Gasteiger partial charge in [-0.15, -0.1) is 0 Å². The summed E-state index contributed by atoms with van der Waals surface area (Å²) in [6.45, 7) is 4.94. The van der Waals surface area contributed by atoms with Crippen molar-refractivity contribution >= 4 is 18.8 Å². The van der Waals surface area contributed by atoms with Gasteiger partial charge in [-0.1, -0.05) is 39.0 Å². The zero-order valence-corrected chi connectivity index (χ0v) is 12.1. The summed E-state index contributed by atoms with van der Waals surface area (Å²) in [5.74, 6) is 0.121. The quantitative estimate of drug-likeness (QED) is 0.339. The molecule has 0 saturated carbocycles. The van der Waals surface area contributed by atoms with E-state index in [0.29, 0.717) is 6.42 Å². The van der Waals surface area contributed by atoms with Crippen molar-refractivity contribution in [2.75, 3.05) is 6.54 Å². The molecule has 1 unspecified atom stereocenters. The fourth-order valence-electron chi connectivity index (χ4n) is 1.61. The molecule has 0 bridgehead atoms. The maximum absolute atomic E-state index is 11.4. The molecular formula is C13H27NO2S. The van der Waals surface area contributed by atoms with Crippen LogP contribution < -0.4 is 5.32 Å². The summed E-state index contributed by atoms with van der Waals surface area (Å²) in [6.07, 6.45) is 8.82. The van der Waals surface area contributed by atoms with Gasteiger partial charge >= 0.3 is 0 Å². The number of thiol groups is 1. The lowest BCUT2D eigenvalue weighted by Gasteiger charge is -2.08. The second-order valence-electron chi connectivity index (χ2n) is 4.57. The molecule has 0 aliphatic heterocycles. The molecule has 102 valence electrons. The van der Waals surface area contributed by atoms with Crippen LogP contribution in [0.3, 0.4) is 0 Å². The zero-order chi connectivity index (χ0) is 12.9. The number of nitrogens with one attached hydrogen (secondary N) is 1. The Labute approximate surface area is 111 Å². The molecule has 0 aromatic heterocycles. The van der Waals surface area contributed by atoms with Crippen molar-refractivity contribution in [2.24, 2.45) is 0 Å². The van der Waals surface area contributed by atoms with Crippen molar-refractivity contribution in [1.29, 1.82) is 0 Å². The average Bonchev–Trinajstić information content (AvgIpc) is 2.34. The van der Waals surface area contributed by atoms with Crippen LogP contribution in [0, 0.1) is 0 Å². The van der Waals surface area contributed by atoms with E-state index in [2.05, 4.69) is 25.2 Å². The number of unbranched alkanes of at least 4 members (excludes halogenated alkanes) is 5. The Morgan fingerprint density at radius 3 is 2.53 bits per heavy atom. The van der Waals surface area contributed by atoms with Crippen LogP contribution in [0.15, 0.2) is 0 Å². The van der Waals surface area contributed by atoms with Gasteiger partial charge < -0.3 is 9.50 Å². The highest BCUT2D eigenvalue weighted by Crippen LogP contribution is 2.05. The van der Waals surface area contributed by atoms with Crippen LogP contribution in [0.5, 0.6) is 0 Å². The van der Waals surface area contributed by atoms with Gasteiger partial charge in [0.15, 0.2) is 0 Å². The Bertz CT molecular complexity index is 188. The number of rotatable bonds is 11. The Balaban J connectivity index is 3.22. The van der Waals surface area contributed by atoms with Crippen molar-refractivity contribution in [3.05, 3.63) is 0 Å². The molecule has 0 saturated heterocycles. The molecule has 1 N–H and O–H groups in total. The number of hydrogen-bond donors (Lipinski definition) is 2. The van der Waals surface area contributed by atoms with Crippen molar-refractivity contribution in [3.8, 4) is 0 Å². The molecule has 0 aliphatic rings. The van der Waals surface area contributed by atoms with Gasteiger partial charge in [0.05, 0.1) is 6.10 Å². The largest absolute Gasteiger partial charge is 0.356 e. The van der Waals surface area contributed by atoms with Crippen molar-refractivity contribution in [1.82, 2.24) is 5.32 Å². The third kappa shape index (κ3) is 12.0. The smallest absolute Gasteiger partial charge is 0.220 e. The van der Waals surface area contributed by atoms with E-state index in [0.717, 1.165) is 19.4 Å². The van der Waals surface area contributed by atoms with Gasteiger partial charge in [0, 0.05) is 13.0 Å². The molecule has 0 spiro atoms. The van der Waals surface area contributed by atoms with Crippen molar-refractivity contribution in [3.63, 3.8) is 0 Å². The summed E-state index contributed by atoms with van der Waals surface area (Å²) in [5.41, 5.74) is 0. The minimum Gasteiger partial charge on any atom is -0.356 e. The summed E-state index contributed by atoms with van der Waals surface area (Å²) in [6, 6.07) is 0. The van der Waals surface area contributed by atoms with E-state index in [1.165, 1.54) is 32.1 Å². The van der Waals surface area contributed by atoms with E-state index < -0.39 is 0 Å². The van der Waals surface area contributed by atoms with Crippen LogP contribution in [0.4, 0.5) is 0 Å². The number of carbonyl (C=O) groups is 1. The molecule has 0 aliphatic carbocycles. The fraction of sp³-hybridized carbons (Fsp3) is 0.923. The van der Waals surface area contributed by atoms with Crippen molar-refractivity contribution in [2.45, 2.75) is 71.3 Å². The second-order valence-corrected chi connectivity index (χ2v) is 4.78. The first-order valence-electron chi connectivity index (χ1n) is 6.77. The van der Waals surface area contributed by atoms with Crippen LogP contribution >= 0.6 is 12.9 Å². The lowest BCUT2D eigenvalue weighted by Crippen LogP contribution is -2.25. The van der Waals surface area contributed by atoms with Gasteiger partial charge in [-0.25, -0.2) is 0 Å². The molecule has 0 rings (SSSR count). The molecule has 0 radical (unpaired) electrons. The third-order valence-corrected chi connectivity index (χ3v) is 3.17. The first-order valence-corrected chi connectivity index (χ1v) is 7.14. The topological polar surface area (TPSA) is 38.3 Å². The Hall–Kier alpha value is -0.220. The first-order chi connectivity index (χ1) is 8.20. The monoisotopic (exact) mass is 261 g/mol. The predicted molar refractivity (Wildman–Crippen MR) is 75.2 cm³/mol. The van der Waals surface area contributed by atoms with E-state index in [1.54, 1.807) is 0 Å². The van der Waals surface area contributed by atoms with Gasteiger partial charge in [0.1, 0.15) is 0 Å². The van der Waals surface area contributed by atoms with Crippen LogP contribution in [-0.4, -0.2) is 18.6 Å². The molecule has 0 aromatic carbocycles. The molecule has 17 heavy (non-hydrogen) atoms. The number of hydrogen-bond acceptors (Lipinski definition) is 3. The molecule has 1 atom stereocenters. The predicted octanol–water partition coefficient (Wildman–Crippen LogP) is 3.49. The van der Waals surface area contributed by atoms with E-state index in [-0.39, 0.29) is 12.0 Å². The summed E-state index contributed by atoms with van der Waals surface area (Å²) < 4.78 is 4.80. The molecular weight excluding hydrogens is 234 g/mol. The standard InChI is InChI=1S/C13H27NO2S/c1-3-4-5-6-7-8-11-14-13(15)10-9-12(2)16-17/h12,17H,3-11H2,1-2H3,(H,14,15). The highest BCUT2D eigenvalue weighted by atomic mass is 32.1. The van der Waals surface area contributed by atoms with Gasteiger partial charge in [0.25, 0.3) is 0 Å². The number of carbonyl (C=O) groups excluding carboxylic acids is 1. The lowest BCUT2D eigenvalue weighted by molar-refractivity contribution is -0.121. The summed E-state index contributed by atoms with van der Waals surface area (Å²) >= 11 is 3.71. The zero-order valence-electron chi connectivity index (χ0n) is 11.2. The van der Waals surface area contributed by atoms with Gasteiger partial charge in [-0.3, -0.25) is 4.79 Å². The normalized spacial score (nSPS) is 12.4. The Morgan fingerprint density at radius 1 is 1.24 bits per heavy atom. The van der Waals surface area contributed by atoms with Gasteiger partial charge in [-0.05, 0) is 32.7 Å². The van der Waals surface area contributed by atoms with Crippen LogP contribution in [0.1, 0.15) is 65.2 Å². The van der Waals surface area contributed by atoms with E-state index in [1.807, 2.05) is 6.92 Å². The summed E-state index contributed by atoms with van der Waals surface area (Å²) in [7, 11) is 0. The van der Waals surface area contributed by atoms with Crippen molar-refractivity contribution < 1.29 is 8.98 Å². The third-order valence-electron chi connectivity index (χ3n) is 2.81. The van der Waals surface area contributed by atoms with Crippen LogP contribution in [-0.2, 0) is 8.98 Å². The minimum atomic E-state index is 0.0399. The highest BCUT2D eigenvalue weighted by Gasteiger charge is 2.05. The lowest BCUT2D eigenvalue weighted by atomic mass is 10.1. The Kier molecular flexibility index (Phi) is 12.1.